The molecule has 2 atom stereocenters. The standard InChI is InChI=1S/C10H16O5/c1-10(2,3)9-14-6(8(12)15-9)5-7(11)13-4/h6,9H,5H2,1-4H3. The molecule has 0 N–H and O–H groups in total. The Morgan fingerprint density at radius 2 is 2.07 bits per heavy atom. The van der Waals surface area contributed by atoms with Crippen LogP contribution in [0.5, 0.6) is 0 Å². The van der Waals surface area contributed by atoms with Gasteiger partial charge in [0.25, 0.3) is 0 Å². The van der Waals surface area contributed by atoms with Crippen LogP contribution in [0.4, 0.5) is 0 Å². The quantitative estimate of drug-likeness (QED) is 0.641. The van der Waals surface area contributed by atoms with Crippen LogP contribution in [0.15, 0.2) is 0 Å². The highest BCUT2D eigenvalue weighted by molar-refractivity contribution is 5.82. The SMILES string of the molecule is COC(=O)CC1OC(C(C)(C)C)OC1=O. The smallest absolute Gasteiger partial charge is 0.338 e. The van der Waals surface area contributed by atoms with E-state index in [9.17, 15) is 9.59 Å². The third kappa shape index (κ3) is 2.92. The minimum atomic E-state index is -0.832. The molecule has 0 saturated carbocycles. The van der Waals surface area contributed by atoms with E-state index in [0.29, 0.717) is 0 Å². The fourth-order valence-corrected chi connectivity index (χ4v) is 1.16. The van der Waals surface area contributed by atoms with Crippen LogP contribution in [-0.2, 0) is 23.8 Å². The Kier molecular flexibility index (Phi) is 3.34. The summed E-state index contributed by atoms with van der Waals surface area (Å²) in [5, 5.41) is 0. The lowest BCUT2D eigenvalue weighted by Gasteiger charge is -2.23. The Morgan fingerprint density at radius 3 is 2.47 bits per heavy atom. The lowest BCUT2D eigenvalue weighted by molar-refractivity contribution is -0.154. The van der Waals surface area contributed by atoms with Gasteiger partial charge in [0.15, 0.2) is 6.10 Å². The Morgan fingerprint density at radius 1 is 1.47 bits per heavy atom. The van der Waals surface area contributed by atoms with Crippen molar-refractivity contribution >= 4 is 11.9 Å². The van der Waals surface area contributed by atoms with Crippen molar-refractivity contribution in [3.05, 3.63) is 0 Å². The second-order valence-electron chi connectivity index (χ2n) is 4.54. The normalized spacial score (nSPS) is 26.3. The molecule has 0 aliphatic carbocycles. The summed E-state index contributed by atoms with van der Waals surface area (Å²) >= 11 is 0. The Balaban J connectivity index is 2.57. The summed E-state index contributed by atoms with van der Waals surface area (Å²) in [6, 6.07) is 0. The summed E-state index contributed by atoms with van der Waals surface area (Å²) in [7, 11) is 1.27. The van der Waals surface area contributed by atoms with Gasteiger partial charge < -0.3 is 14.2 Å². The number of carbonyl (C=O) groups is 2. The summed E-state index contributed by atoms with van der Waals surface area (Å²) in [5.74, 6) is -0.980. The first-order valence-corrected chi connectivity index (χ1v) is 4.77. The molecule has 0 bridgehead atoms. The maximum Gasteiger partial charge on any atom is 0.338 e. The van der Waals surface area contributed by atoms with Gasteiger partial charge in [0, 0.05) is 5.41 Å². The van der Waals surface area contributed by atoms with Gasteiger partial charge in [-0.2, -0.15) is 0 Å². The summed E-state index contributed by atoms with van der Waals surface area (Å²) in [6.07, 6.45) is -1.52. The first-order valence-electron chi connectivity index (χ1n) is 4.77. The van der Waals surface area contributed by atoms with E-state index < -0.39 is 24.3 Å². The lowest BCUT2D eigenvalue weighted by atomic mass is 9.96. The molecule has 0 aromatic rings. The van der Waals surface area contributed by atoms with Crippen LogP contribution in [0.3, 0.4) is 0 Å². The molecule has 5 nitrogen and oxygen atoms in total. The first kappa shape index (κ1) is 12.0. The van der Waals surface area contributed by atoms with Crippen LogP contribution in [0.25, 0.3) is 0 Å². The monoisotopic (exact) mass is 216 g/mol. The maximum atomic E-state index is 11.3. The van der Waals surface area contributed by atoms with Crippen molar-refractivity contribution in [2.24, 2.45) is 5.41 Å². The number of methoxy groups -OCH3 is 1. The van der Waals surface area contributed by atoms with Gasteiger partial charge in [-0.05, 0) is 0 Å². The molecule has 0 radical (unpaired) electrons. The Bertz CT molecular complexity index is 265. The highest BCUT2D eigenvalue weighted by Crippen LogP contribution is 2.30. The molecule has 15 heavy (non-hydrogen) atoms. The van der Waals surface area contributed by atoms with Gasteiger partial charge in [-0.15, -0.1) is 0 Å². The van der Waals surface area contributed by atoms with Crippen LogP contribution < -0.4 is 0 Å². The highest BCUT2D eigenvalue weighted by atomic mass is 16.8. The molecule has 1 aliphatic heterocycles. The van der Waals surface area contributed by atoms with Crippen molar-refractivity contribution in [2.45, 2.75) is 39.6 Å². The minimum absolute atomic E-state index is 0.0953. The fraction of sp³-hybridized carbons (Fsp3) is 0.800. The molecular formula is C10H16O5. The second-order valence-corrected chi connectivity index (χ2v) is 4.54. The van der Waals surface area contributed by atoms with Crippen molar-refractivity contribution in [3.8, 4) is 0 Å². The second kappa shape index (κ2) is 4.18. The van der Waals surface area contributed by atoms with Crippen LogP contribution in [-0.4, -0.2) is 31.4 Å². The van der Waals surface area contributed by atoms with E-state index in [2.05, 4.69) is 4.74 Å². The van der Waals surface area contributed by atoms with Gasteiger partial charge in [0.1, 0.15) is 0 Å². The molecule has 0 spiro atoms. The third-order valence-corrected chi connectivity index (χ3v) is 2.06. The van der Waals surface area contributed by atoms with E-state index in [4.69, 9.17) is 9.47 Å². The van der Waals surface area contributed by atoms with Crippen molar-refractivity contribution in [1.82, 2.24) is 0 Å². The molecule has 1 saturated heterocycles. The van der Waals surface area contributed by atoms with Gasteiger partial charge >= 0.3 is 11.9 Å². The van der Waals surface area contributed by atoms with Gasteiger partial charge in [-0.1, -0.05) is 20.8 Å². The molecule has 2 unspecified atom stereocenters. The minimum Gasteiger partial charge on any atom is -0.469 e. The van der Waals surface area contributed by atoms with Crippen molar-refractivity contribution < 1.29 is 23.8 Å². The van der Waals surface area contributed by atoms with E-state index >= 15 is 0 Å². The zero-order chi connectivity index (χ0) is 11.6. The number of cyclic esters (lactones) is 1. The van der Waals surface area contributed by atoms with Crippen LogP contribution in [0, 0.1) is 5.41 Å². The molecular weight excluding hydrogens is 200 g/mol. The van der Waals surface area contributed by atoms with E-state index in [-0.39, 0.29) is 11.8 Å². The molecule has 1 fully saturated rings. The van der Waals surface area contributed by atoms with Crippen LogP contribution >= 0.6 is 0 Å². The van der Waals surface area contributed by atoms with E-state index in [1.165, 1.54) is 7.11 Å². The molecule has 86 valence electrons. The summed E-state index contributed by atoms with van der Waals surface area (Å²) < 4.78 is 14.8. The summed E-state index contributed by atoms with van der Waals surface area (Å²) in [6.45, 7) is 5.68. The summed E-state index contributed by atoms with van der Waals surface area (Å²) in [5.41, 5.74) is -0.291. The molecule has 0 aromatic carbocycles. The predicted octanol–water partition coefficient (Wildman–Crippen LogP) is 0.864. The van der Waals surface area contributed by atoms with E-state index in [1.807, 2.05) is 20.8 Å². The molecule has 1 aliphatic rings. The molecule has 1 heterocycles. The van der Waals surface area contributed by atoms with Gasteiger partial charge in [-0.25, -0.2) is 4.79 Å². The topological polar surface area (TPSA) is 61.8 Å². The first-order chi connectivity index (χ1) is 6.84. The van der Waals surface area contributed by atoms with Crippen molar-refractivity contribution in [1.29, 1.82) is 0 Å². The number of esters is 2. The van der Waals surface area contributed by atoms with Crippen LogP contribution in [0.2, 0.25) is 0 Å². The number of hydrogen-bond donors (Lipinski definition) is 0. The molecule has 0 aromatic heterocycles. The van der Waals surface area contributed by atoms with Gasteiger partial charge in [0.05, 0.1) is 13.5 Å². The summed E-state index contributed by atoms with van der Waals surface area (Å²) in [4.78, 5) is 22.3. The van der Waals surface area contributed by atoms with E-state index in [0.717, 1.165) is 0 Å². The van der Waals surface area contributed by atoms with Crippen molar-refractivity contribution in [3.63, 3.8) is 0 Å². The molecule has 0 amide bonds. The third-order valence-electron chi connectivity index (χ3n) is 2.06. The average molecular weight is 216 g/mol. The zero-order valence-corrected chi connectivity index (χ0v) is 9.40. The maximum absolute atomic E-state index is 11.3. The van der Waals surface area contributed by atoms with Crippen molar-refractivity contribution in [2.75, 3.05) is 7.11 Å². The Labute approximate surface area is 88.7 Å². The Hall–Kier alpha value is -1.10. The highest BCUT2D eigenvalue weighted by Gasteiger charge is 2.42. The predicted molar refractivity (Wildman–Crippen MR) is 50.8 cm³/mol. The van der Waals surface area contributed by atoms with Gasteiger partial charge in [0.2, 0.25) is 6.29 Å². The largest absolute Gasteiger partial charge is 0.469 e. The average Bonchev–Trinajstić information content (AvgIpc) is 2.47. The zero-order valence-electron chi connectivity index (χ0n) is 9.40. The van der Waals surface area contributed by atoms with Gasteiger partial charge in [-0.3, -0.25) is 4.79 Å². The number of ether oxygens (including phenoxy) is 3. The number of rotatable bonds is 2. The fourth-order valence-electron chi connectivity index (χ4n) is 1.16. The molecule has 5 heteroatoms. The van der Waals surface area contributed by atoms with E-state index in [1.54, 1.807) is 0 Å². The number of carbonyl (C=O) groups excluding carboxylic acids is 2. The molecule has 1 rings (SSSR count). The van der Waals surface area contributed by atoms with Crippen LogP contribution in [0.1, 0.15) is 27.2 Å². The number of hydrogen-bond acceptors (Lipinski definition) is 5. The lowest BCUT2D eigenvalue weighted by Crippen LogP contribution is -2.28.